The Morgan fingerprint density at radius 3 is 2.30 bits per heavy atom. The van der Waals surface area contributed by atoms with Gasteiger partial charge in [0.15, 0.2) is 5.78 Å². The predicted molar refractivity (Wildman–Crippen MR) is 86.5 cm³/mol. The summed E-state index contributed by atoms with van der Waals surface area (Å²) in [6.45, 7) is 0. The lowest BCUT2D eigenvalue weighted by molar-refractivity contribution is -0.116. The third-order valence-electron chi connectivity index (χ3n) is 3.12. The Balaban J connectivity index is 1.94. The van der Waals surface area contributed by atoms with E-state index in [0.717, 1.165) is 0 Å². The molecule has 0 bridgehead atoms. The van der Waals surface area contributed by atoms with E-state index in [1.54, 1.807) is 30.3 Å². The minimum Gasteiger partial charge on any atom is -0.326 e. The van der Waals surface area contributed by atoms with Gasteiger partial charge >= 0.3 is 0 Å². The van der Waals surface area contributed by atoms with Crippen LogP contribution < -0.4 is 10.5 Å². The number of hydrogen-bond acceptors (Lipinski definition) is 4. The highest BCUT2D eigenvalue weighted by Crippen LogP contribution is 2.15. The molecule has 2 aromatic carbocycles. The third kappa shape index (κ3) is 5.01. The lowest BCUT2D eigenvalue weighted by atomic mass is 10.1. The number of carbonyl (C=O) groups is 2. The van der Waals surface area contributed by atoms with Gasteiger partial charge < -0.3 is 5.32 Å². The number of Topliss-reactive ketones (excluding diaryl/α,β-unsaturated/α-hetero) is 1. The topological polar surface area (TPSA) is 106 Å². The Morgan fingerprint density at radius 2 is 1.65 bits per heavy atom. The fourth-order valence-electron chi connectivity index (χ4n) is 1.97. The van der Waals surface area contributed by atoms with Crippen LogP contribution in [0, 0.1) is 0 Å². The van der Waals surface area contributed by atoms with E-state index in [0.29, 0.717) is 11.3 Å². The van der Waals surface area contributed by atoms with Crippen LogP contribution in [0.25, 0.3) is 0 Å². The number of sulfonamides is 1. The molecule has 0 aliphatic rings. The maximum Gasteiger partial charge on any atom is 0.238 e. The lowest BCUT2D eigenvalue weighted by Gasteiger charge is -2.06. The van der Waals surface area contributed by atoms with Gasteiger partial charge in [0, 0.05) is 24.1 Å². The summed E-state index contributed by atoms with van der Waals surface area (Å²) in [6, 6.07) is 14.3. The van der Waals surface area contributed by atoms with Gasteiger partial charge in [0.25, 0.3) is 0 Å². The molecule has 0 heterocycles. The summed E-state index contributed by atoms with van der Waals surface area (Å²) in [5.74, 6) is -0.500. The van der Waals surface area contributed by atoms with Gasteiger partial charge in [-0.15, -0.1) is 0 Å². The molecule has 6 nitrogen and oxygen atoms in total. The molecule has 23 heavy (non-hydrogen) atoms. The number of carbonyl (C=O) groups excluding carboxylic acids is 2. The van der Waals surface area contributed by atoms with Crippen LogP contribution in [0.15, 0.2) is 59.5 Å². The summed E-state index contributed by atoms with van der Waals surface area (Å²) in [7, 11) is -3.83. The van der Waals surface area contributed by atoms with Crippen LogP contribution in [0.3, 0.4) is 0 Å². The SMILES string of the molecule is NS(=O)(=O)c1cccc(NC(=O)CCC(=O)c2ccccc2)c1. The molecule has 2 rings (SSSR count). The fraction of sp³-hybridized carbons (Fsp3) is 0.125. The van der Waals surface area contributed by atoms with Crippen molar-refractivity contribution >= 4 is 27.4 Å². The highest BCUT2D eigenvalue weighted by Gasteiger charge is 2.11. The number of rotatable bonds is 6. The van der Waals surface area contributed by atoms with Crippen LogP contribution in [0.1, 0.15) is 23.2 Å². The monoisotopic (exact) mass is 332 g/mol. The van der Waals surface area contributed by atoms with Crippen LogP contribution in [0.2, 0.25) is 0 Å². The van der Waals surface area contributed by atoms with Crippen LogP contribution in [0.5, 0.6) is 0 Å². The Bertz CT molecular complexity index is 817. The molecule has 0 atom stereocenters. The summed E-state index contributed by atoms with van der Waals surface area (Å²) in [4.78, 5) is 23.7. The molecule has 0 saturated heterocycles. The van der Waals surface area contributed by atoms with Gasteiger partial charge in [0.1, 0.15) is 0 Å². The van der Waals surface area contributed by atoms with Crippen LogP contribution in [0.4, 0.5) is 5.69 Å². The summed E-state index contributed by atoms with van der Waals surface area (Å²) in [5, 5.41) is 7.58. The molecule has 0 aliphatic carbocycles. The van der Waals surface area contributed by atoms with Crippen molar-refractivity contribution in [1.82, 2.24) is 0 Å². The van der Waals surface area contributed by atoms with Crippen molar-refractivity contribution in [2.75, 3.05) is 5.32 Å². The highest BCUT2D eigenvalue weighted by molar-refractivity contribution is 7.89. The van der Waals surface area contributed by atoms with Crippen molar-refractivity contribution in [3.05, 3.63) is 60.2 Å². The Morgan fingerprint density at radius 1 is 0.957 bits per heavy atom. The molecule has 0 radical (unpaired) electrons. The minimum atomic E-state index is -3.83. The molecule has 2 aromatic rings. The molecule has 7 heteroatoms. The highest BCUT2D eigenvalue weighted by atomic mass is 32.2. The van der Waals surface area contributed by atoms with Crippen molar-refractivity contribution in [3.63, 3.8) is 0 Å². The van der Waals surface area contributed by atoms with E-state index in [1.165, 1.54) is 18.2 Å². The zero-order chi connectivity index (χ0) is 16.9. The summed E-state index contributed by atoms with van der Waals surface area (Å²) in [5.41, 5.74) is 0.866. The van der Waals surface area contributed by atoms with Crippen molar-refractivity contribution in [2.24, 2.45) is 5.14 Å². The second-order valence-electron chi connectivity index (χ2n) is 4.91. The van der Waals surface area contributed by atoms with Crippen LogP contribution in [-0.2, 0) is 14.8 Å². The molecular weight excluding hydrogens is 316 g/mol. The van der Waals surface area contributed by atoms with Crippen molar-refractivity contribution < 1.29 is 18.0 Å². The summed E-state index contributed by atoms with van der Waals surface area (Å²) < 4.78 is 22.5. The molecule has 1 amide bonds. The van der Waals surface area contributed by atoms with Crippen molar-refractivity contribution in [2.45, 2.75) is 17.7 Å². The molecule has 0 fully saturated rings. The average molecular weight is 332 g/mol. The maximum atomic E-state index is 11.9. The van der Waals surface area contributed by atoms with Gasteiger partial charge in [-0.2, -0.15) is 0 Å². The number of primary sulfonamides is 1. The molecule has 0 aliphatic heterocycles. The quantitative estimate of drug-likeness (QED) is 0.788. The predicted octanol–water partition coefficient (Wildman–Crippen LogP) is 1.94. The number of nitrogens with one attached hydrogen (secondary N) is 1. The fourth-order valence-corrected chi connectivity index (χ4v) is 2.53. The number of benzene rings is 2. The largest absolute Gasteiger partial charge is 0.326 e. The van der Waals surface area contributed by atoms with E-state index in [1.807, 2.05) is 6.07 Å². The average Bonchev–Trinajstić information content (AvgIpc) is 2.53. The van der Waals surface area contributed by atoms with Gasteiger partial charge in [-0.25, -0.2) is 13.6 Å². The zero-order valence-corrected chi connectivity index (χ0v) is 13.0. The molecular formula is C16H16N2O4S. The van der Waals surface area contributed by atoms with Crippen molar-refractivity contribution in [1.29, 1.82) is 0 Å². The number of nitrogens with two attached hydrogens (primary N) is 1. The molecule has 120 valence electrons. The molecule has 0 unspecified atom stereocenters. The number of hydrogen-bond donors (Lipinski definition) is 2. The first-order valence-corrected chi connectivity index (χ1v) is 8.42. The lowest BCUT2D eigenvalue weighted by Crippen LogP contribution is -2.15. The molecule has 0 aromatic heterocycles. The Kier molecular flexibility index (Phi) is 5.25. The normalized spacial score (nSPS) is 11.0. The smallest absolute Gasteiger partial charge is 0.238 e. The van der Waals surface area contributed by atoms with Gasteiger partial charge in [0.2, 0.25) is 15.9 Å². The van der Waals surface area contributed by atoms with Gasteiger partial charge in [0.05, 0.1) is 4.90 Å². The number of amides is 1. The Labute approximate surface area is 134 Å². The van der Waals surface area contributed by atoms with Crippen LogP contribution >= 0.6 is 0 Å². The molecule has 0 saturated carbocycles. The standard InChI is InChI=1S/C16H16N2O4S/c17-23(21,22)14-8-4-7-13(11-14)18-16(20)10-9-15(19)12-5-2-1-3-6-12/h1-8,11H,9-10H2,(H,18,20)(H2,17,21,22). The summed E-state index contributed by atoms with van der Waals surface area (Å²) >= 11 is 0. The molecule has 0 spiro atoms. The van der Waals surface area contributed by atoms with Gasteiger partial charge in [-0.3, -0.25) is 9.59 Å². The first-order chi connectivity index (χ1) is 10.9. The van der Waals surface area contributed by atoms with E-state index in [2.05, 4.69) is 5.32 Å². The van der Waals surface area contributed by atoms with Crippen molar-refractivity contribution in [3.8, 4) is 0 Å². The minimum absolute atomic E-state index is 0.00727. The second kappa shape index (κ2) is 7.17. The van der Waals surface area contributed by atoms with Crippen LogP contribution in [-0.4, -0.2) is 20.1 Å². The van der Waals surface area contributed by atoms with Gasteiger partial charge in [-0.1, -0.05) is 36.4 Å². The van der Waals surface area contributed by atoms with E-state index < -0.39 is 10.0 Å². The third-order valence-corrected chi connectivity index (χ3v) is 4.03. The van der Waals surface area contributed by atoms with E-state index >= 15 is 0 Å². The first-order valence-electron chi connectivity index (χ1n) is 6.87. The zero-order valence-electron chi connectivity index (χ0n) is 12.2. The van der Waals surface area contributed by atoms with Gasteiger partial charge in [-0.05, 0) is 18.2 Å². The summed E-state index contributed by atoms with van der Waals surface area (Å²) in [6.07, 6.45) is 0.0814. The maximum absolute atomic E-state index is 11.9. The molecule has 3 N–H and O–H groups in total. The Hall–Kier alpha value is -2.51. The first kappa shape index (κ1) is 16.9. The van der Waals surface area contributed by atoms with E-state index in [4.69, 9.17) is 5.14 Å². The number of anilines is 1. The van der Waals surface area contributed by atoms with E-state index in [9.17, 15) is 18.0 Å². The second-order valence-corrected chi connectivity index (χ2v) is 6.47. The van der Waals surface area contributed by atoms with E-state index in [-0.39, 0.29) is 29.4 Å². The number of ketones is 1.